The van der Waals surface area contributed by atoms with Crippen molar-refractivity contribution in [1.82, 2.24) is 0 Å². The summed E-state index contributed by atoms with van der Waals surface area (Å²) in [5.74, 6) is 0. The summed E-state index contributed by atoms with van der Waals surface area (Å²) in [4.78, 5) is 0. The minimum atomic E-state index is -3.65. The molecule has 122 valence electrons. The van der Waals surface area contributed by atoms with E-state index in [0.717, 1.165) is 25.7 Å². The molecular weight excluding hydrogens is 304 g/mol. The third-order valence-corrected chi connectivity index (χ3v) is 6.57. The molecule has 0 N–H and O–H groups in total. The molecule has 7 nitrogen and oxygen atoms in total. The van der Waals surface area contributed by atoms with Gasteiger partial charge in [0.25, 0.3) is 0 Å². The standard InChI is InChI=1S/C11H27NO6P2/c1-6-8-10-17-19(13,18-11-9-7-2)12-20(14-3,15-4)16-5/h6-11H2,1-5H3. The second-order valence-corrected chi connectivity index (χ2v) is 8.15. The van der Waals surface area contributed by atoms with Crippen molar-refractivity contribution in [3.63, 3.8) is 0 Å². The molecule has 0 bridgehead atoms. The van der Waals surface area contributed by atoms with Crippen LogP contribution in [-0.2, 0) is 27.2 Å². The van der Waals surface area contributed by atoms with Crippen molar-refractivity contribution in [3.8, 4) is 0 Å². The van der Waals surface area contributed by atoms with E-state index in [0.29, 0.717) is 13.2 Å². The van der Waals surface area contributed by atoms with Crippen LogP contribution in [0.15, 0.2) is 4.52 Å². The predicted octanol–water partition coefficient (Wildman–Crippen LogP) is 4.61. The van der Waals surface area contributed by atoms with E-state index in [-0.39, 0.29) is 0 Å². The van der Waals surface area contributed by atoms with Gasteiger partial charge < -0.3 is 13.6 Å². The highest BCUT2D eigenvalue weighted by Crippen LogP contribution is 2.64. The second-order valence-electron chi connectivity index (χ2n) is 3.95. The van der Waals surface area contributed by atoms with E-state index in [4.69, 9.17) is 22.6 Å². The Labute approximate surface area is 122 Å². The third kappa shape index (κ3) is 7.32. The molecule has 0 unspecified atom stereocenters. The number of hydrogen-bond acceptors (Lipinski definition) is 6. The van der Waals surface area contributed by atoms with E-state index in [1.807, 2.05) is 13.8 Å². The summed E-state index contributed by atoms with van der Waals surface area (Å²) < 4.78 is 42.6. The number of nitrogens with zero attached hydrogens (tertiary/aromatic N) is 1. The summed E-state index contributed by atoms with van der Waals surface area (Å²) in [5, 5.41) is 0. The molecule has 0 aromatic heterocycles. The molecule has 9 heteroatoms. The molecule has 0 amide bonds. The third-order valence-electron chi connectivity index (χ3n) is 2.42. The smallest absolute Gasteiger partial charge is 0.306 e. The van der Waals surface area contributed by atoms with Gasteiger partial charge >= 0.3 is 15.5 Å². The first-order chi connectivity index (χ1) is 9.51. The Morgan fingerprint density at radius 1 is 0.850 bits per heavy atom. The zero-order valence-electron chi connectivity index (χ0n) is 13.0. The molecular formula is C11H27NO6P2. The van der Waals surface area contributed by atoms with Gasteiger partial charge in [0.2, 0.25) is 0 Å². The predicted molar refractivity (Wildman–Crippen MR) is 79.7 cm³/mol. The lowest BCUT2D eigenvalue weighted by molar-refractivity contribution is 0.194. The average molecular weight is 331 g/mol. The fraction of sp³-hybridized carbons (Fsp3) is 1.00. The van der Waals surface area contributed by atoms with E-state index in [9.17, 15) is 4.57 Å². The van der Waals surface area contributed by atoms with Crippen LogP contribution in [0.5, 0.6) is 0 Å². The van der Waals surface area contributed by atoms with Gasteiger partial charge in [-0.1, -0.05) is 26.7 Å². The maximum atomic E-state index is 12.6. The van der Waals surface area contributed by atoms with Crippen LogP contribution in [0.1, 0.15) is 39.5 Å². The van der Waals surface area contributed by atoms with Gasteiger partial charge in [-0.15, -0.1) is 4.52 Å². The molecule has 0 atom stereocenters. The maximum absolute atomic E-state index is 12.6. The second kappa shape index (κ2) is 10.9. The molecule has 0 saturated heterocycles. The van der Waals surface area contributed by atoms with Crippen LogP contribution in [0.4, 0.5) is 0 Å². The van der Waals surface area contributed by atoms with Crippen molar-refractivity contribution in [2.45, 2.75) is 39.5 Å². The summed E-state index contributed by atoms with van der Waals surface area (Å²) >= 11 is 0. The molecule has 0 rings (SSSR count). The van der Waals surface area contributed by atoms with Gasteiger partial charge in [-0.25, -0.2) is 4.57 Å². The molecule has 20 heavy (non-hydrogen) atoms. The fourth-order valence-electron chi connectivity index (χ4n) is 1.20. The minimum Gasteiger partial charge on any atom is -0.306 e. The van der Waals surface area contributed by atoms with Crippen molar-refractivity contribution in [2.24, 2.45) is 4.52 Å². The van der Waals surface area contributed by atoms with E-state index in [1.165, 1.54) is 21.3 Å². The number of rotatable bonds is 12. The van der Waals surface area contributed by atoms with E-state index < -0.39 is 15.5 Å². The van der Waals surface area contributed by atoms with Crippen molar-refractivity contribution >= 4 is 15.5 Å². The van der Waals surface area contributed by atoms with Crippen LogP contribution in [0.2, 0.25) is 0 Å². The number of hydrogen-bond donors (Lipinski definition) is 0. The summed E-state index contributed by atoms with van der Waals surface area (Å²) in [6.07, 6.45) is 3.40. The molecule has 0 aliphatic carbocycles. The van der Waals surface area contributed by atoms with Crippen LogP contribution >= 0.6 is 15.5 Å². The van der Waals surface area contributed by atoms with Crippen LogP contribution in [0, 0.1) is 0 Å². The van der Waals surface area contributed by atoms with Gasteiger partial charge in [-0.05, 0) is 12.8 Å². The Balaban J connectivity index is 5.07. The monoisotopic (exact) mass is 331 g/mol. The Kier molecular flexibility index (Phi) is 11.1. The van der Waals surface area contributed by atoms with Crippen molar-refractivity contribution < 1.29 is 27.2 Å². The summed E-state index contributed by atoms with van der Waals surface area (Å²) in [7, 11) is -2.55. The summed E-state index contributed by atoms with van der Waals surface area (Å²) in [6.45, 7) is 4.64. The molecule has 0 fully saturated rings. The zero-order valence-corrected chi connectivity index (χ0v) is 14.8. The summed E-state index contributed by atoms with van der Waals surface area (Å²) in [5.41, 5.74) is 0. The number of unbranched alkanes of at least 4 members (excludes halogenated alkanes) is 2. The van der Waals surface area contributed by atoms with Gasteiger partial charge in [0, 0.05) is 21.3 Å². The lowest BCUT2D eigenvalue weighted by Crippen LogP contribution is -2.00. The Morgan fingerprint density at radius 2 is 1.25 bits per heavy atom. The molecule has 0 spiro atoms. The van der Waals surface area contributed by atoms with Crippen molar-refractivity contribution in [2.75, 3.05) is 34.5 Å². The first kappa shape index (κ1) is 20.3. The van der Waals surface area contributed by atoms with Gasteiger partial charge in [-0.3, -0.25) is 9.05 Å². The highest BCUT2D eigenvalue weighted by molar-refractivity contribution is 7.63. The van der Waals surface area contributed by atoms with Gasteiger partial charge in [0.15, 0.2) is 0 Å². The van der Waals surface area contributed by atoms with Crippen molar-refractivity contribution in [1.29, 1.82) is 0 Å². The average Bonchev–Trinajstić information content (AvgIpc) is 2.46. The lowest BCUT2D eigenvalue weighted by Gasteiger charge is -2.21. The van der Waals surface area contributed by atoms with Crippen LogP contribution in [-0.4, -0.2) is 34.5 Å². The molecule has 0 aliphatic heterocycles. The van der Waals surface area contributed by atoms with Gasteiger partial charge in [0.1, 0.15) is 0 Å². The van der Waals surface area contributed by atoms with Crippen molar-refractivity contribution in [3.05, 3.63) is 0 Å². The molecule has 0 aliphatic rings. The quantitative estimate of drug-likeness (QED) is 0.384. The normalized spacial score (nSPS) is 12.7. The largest absolute Gasteiger partial charge is 0.458 e. The van der Waals surface area contributed by atoms with E-state index in [2.05, 4.69) is 4.52 Å². The summed E-state index contributed by atoms with van der Waals surface area (Å²) in [6, 6.07) is 0. The molecule has 0 heterocycles. The topological polar surface area (TPSA) is 75.6 Å². The highest BCUT2D eigenvalue weighted by atomic mass is 31.2. The zero-order chi connectivity index (χ0) is 15.5. The lowest BCUT2D eigenvalue weighted by atomic mass is 10.4. The first-order valence-electron chi connectivity index (χ1n) is 6.71. The fourth-order valence-corrected chi connectivity index (χ4v) is 4.81. The first-order valence-corrected chi connectivity index (χ1v) is 9.70. The maximum Gasteiger partial charge on any atom is 0.458 e. The molecule has 0 aromatic rings. The molecule has 0 saturated carbocycles. The van der Waals surface area contributed by atoms with Crippen LogP contribution < -0.4 is 0 Å². The SMILES string of the molecule is CCCCOP(=O)(N=P(OC)(OC)OC)OCCCC. The van der Waals surface area contributed by atoms with Gasteiger partial charge in [-0.2, -0.15) is 0 Å². The molecule has 0 aromatic carbocycles. The Morgan fingerprint density at radius 3 is 1.55 bits per heavy atom. The van der Waals surface area contributed by atoms with Crippen LogP contribution in [0.3, 0.4) is 0 Å². The van der Waals surface area contributed by atoms with Crippen LogP contribution in [0.25, 0.3) is 0 Å². The highest BCUT2D eigenvalue weighted by Gasteiger charge is 2.31. The van der Waals surface area contributed by atoms with Gasteiger partial charge in [0.05, 0.1) is 13.2 Å². The Hall–Kier alpha value is 0.260. The Bertz CT molecular complexity index is 317. The minimum absolute atomic E-state index is 0.306. The van der Waals surface area contributed by atoms with E-state index in [1.54, 1.807) is 0 Å². The van der Waals surface area contributed by atoms with E-state index >= 15 is 0 Å². The molecule has 0 radical (unpaired) electrons.